The van der Waals surface area contributed by atoms with Gasteiger partial charge in [-0.25, -0.2) is 9.59 Å². The molecule has 1 saturated carbocycles. The Bertz CT molecular complexity index is 382. The van der Waals surface area contributed by atoms with E-state index in [2.05, 4.69) is 16.0 Å². The van der Waals surface area contributed by atoms with Crippen molar-refractivity contribution in [2.75, 3.05) is 6.54 Å². The fourth-order valence-electron chi connectivity index (χ4n) is 1.85. The molecule has 21 heavy (non-hydrogen) atoms. The summed E-state index contributed by atoms with van der Waals surface area (Å²) in [4.78, 5) is 34.1. The van der Waals surface area contributed by atoms with Crippen molar-refractivity contribution in [1.29, 1.82) is 0 Å². The Kier molecular flexibility index (Phi) is 6.98. The van der Waals surface area contributed by atoms with Crippen LogP contribution >= 0.6 is 0 Å². The van der Waals surface area contributed by atoms with Crippen LogP contribution in [-0.4, -0.2) is 41.6 Å². The van der Waals surface area contributed by atoms with Gasteiger partial charge >= 0.3 is 12.0 Å². The van der Waals surface area contributed by atoms with Crippen molar-refractivity contribution in [2.45, 2.75) is 58.0 Å². The molecule has 7 heteroatoms. The summed E-state index contributed by atoms with van der Waals surface area (Å²) < 4.78 is 0. The van der Waals surface area contributed by atoms with Crippen LogP contribution in [0.25, 0.3) is 0 Å². The Balaban J connectivity index is 2.16. The lowest BCUT2D eigenvalue weighted by molar-refractivity contribution is -0.140. The van der Waals surface area contributed by atoms with E-state index in [0.29, 0.717) is 31.8 Å². The molecule has 4 N–H and O–H groups in total. The van der Waals surface area contributed by atoms with Crippen molar-refractivity contribution in [3.05, 3.63) is 0 Å². The highest BCUT2D eigenvalue weighted by Crippen LogP contribution is 2.18. The summed E-state index contributed by atoms with van der Waals surface area (Å²) in [5.74, 6) is -1.18. The van der Waals surface area contributed by atoms with E-state index < -0.39 is 18.0 Å². The van der Waals surface area contributed by atoms with Crippen molar-refractivity contribution in [1.82, 2.24) is 16.0 Å². The van der Waals surface area contributed by atoms with Gasteiger partial charge in [0.15, 0.2) is 0 Å². The standard InChI is InChI=1S/C14H25N3O4/c1-3-9(2)12(13(19)20)17-14(21)15-8-4-5-11(18)16-10-6-7-10/h9-10,12H,3-8H2,1-2H3,(H,16,18)(H,19,20)(H2,15,17,21). The molecule has 0 radical (unpaired) electrons. The minimum absolute atomic E-state index is 0.00252. The van der Waals surface area contributed by atoms with Crippen LogP contribution < -0.4 is 16.0 Å². The highest BCUT2D eigenvalue weighted by atomic mass is 16.4. The van der Waals surface area contributed by atoms with Gasteiger partial charge in [-0.15, -0.1) is 0 Å². The first-order valence-corrected chi connectivity index (χ1v) is 7.50. The zero-order chi connectivity index (χ0) is 15.8. The molecule has 0 aromatic carbocycles. The Labute approximate surface area is 124 Å². The number of carbonyl (C=O) groups excluding carboxylic acids is 2. The van der Waals surface area contributed by atoms with Gasteiger partial charge in [-0.1, -0.05) is 20.3 Å². The number of hydrogen-bond donors (Lipinski definition) is 4. The molecule has 0 bridgehead atoms. The third-order valence-electron chi connectivity index (χ3n) is 3.57. The Hall–Kier alpha value is -1.79. The van der Waals surface area contributed by atoms with Gasteiger partial charge in [-0.05, 0) is 25.2 Å². The number of hydrogen-bond acceptors (Lipinski definition) is 3. The SMILES string of the molecule is CCC(C)C(NC(=O)NCCCC(=O)NC1CC1)C(=O)O. The number of rotatable bonds is 9. The van der Waals surface area contributed by atoms with Gasteiger partial charge in [-0.2, -0.15) is 0 Å². The van der Waals surface area contributed by atoms with E-state index in [1.807, 2.05) is 6.92 Å². The van der Waals surface area contributed by atoms with Crippen LogP contribution in [0.2, 0.25) is 0 Å². The van der Waals surface area contributed by atoms with Gasteiger partial charge in [-0.3, -0.25) is 4.79 Å². The number of carboxylic acids is 1. The van der Waals surface area contributed by atoms with Crippen LogP contribution in [0.15, 0.2) is 0 Å². The summed E-state index contributed by atoms with van der Waals surface area (Å²) in [7, 11) is 0. The van der Waals surface area contributed by atoms with Crippen molar-refractivity contribution in [3.8, 4) is 0 Å². The van der Waals surface area contributed by atoms with Crippen LogP contribution in [-0.2, 0) is 9.59 Å². The molecule has 1 aliphatic rings. The lowest BCUT2D eigenvalue weighted by Gasteiger charge is -2.20. The summed E-state index contributed by atoms with van der Waals surface area (Å²) >= 11 is 0. The molecule has 1 aliphatic carbocycles. The normalized spacial score (nSPS) is 16.7. The second-order valence-corrected chi connectivity index (χ2v) is 5.55. The minimum atomic E-state index is -1.04. The molecule has 0 saturated heterocycles. The molecule has 1 fully saturated rings. The van der Waals surface area contributed by atoms with E-state index in [9.17, 15) is 14.4 Å². The van der Waals surface area contributed by atoms with E-state index in [4.69, 9.17) is 5.11 Å². The van der Waals surface area contributed by atoms with Gasteiger partial charge < -0.3 is 21.1 Å². The number of aliphatic carboxylic acids is 1. The summed E-state index contributed by atoms with van der Waals surface area (Å²) in [5.41, 5.74) is 0. The quantitative estimate of drug-likeness (QED) is 0.473. The number of nitrogens with one attached hydrogen (secondary N) is 3. The molecule has 2 unspecified atom stereocenters. The van der Waals surface area contributed by atoms with E-state index in [1.165, 1.54) is 0 Å². The molecular formula is C14H25N3O4. The predicted molar refractivity (Wildman–Crippen MR) is 77.8 cm³/mol. The number of carbonyl (C=O) groups is 3. The molecule has 2 atom stereocenters. The van der Waals surface area contributed by atoms with Crippen molar-refractivity contribution < 1.29 is 19.5 Å². The molecule has 0 heterocycles. The largest absolute Gasteiger partial charge is 0.480 e. The highest BCUT2D eigenvalue weighted by Gasteiger charge is 2.25. The van der Waals surface area contributed by atoms with Crippen LogP contribution in [0.3, 0.4) is 0 Å². The average Bonchev–Trinajstić information content (AvgIpc) is 3.23. The highest BCUT2D eigenvalue weighted by molar-refractivity contribution is 5.82. The third kappa shape index (κ3) is 6.97. The molecule has 7 nitrogen and oxygen atoms in total. The second-order valence-electron chi connectivity index (χ2n) is 5.55. The number of carboxylic acid groups (broad SMARTS) is 1. The van der Waals surface area contributed by atoms with Crippen molar-refractivity contribution in [2.24, 2.45) is 5.92 Å². The molecule has 0 aliphatic heterocycles. The average molecular weight is 299 g/mol. The zero-order valence-corrected chi connectivity index (χ0v) is 12.6. The molecule has 0 aromatic rings. The lowest BCUT2D eigenvalue weighted by atomic mass is 9.99. The first kappa shape index (κ1) is 17.3. The van der Waals surface area contributed by atoms with Gasteiger partial charge in [0, 0.05) is 19.0 Å². The summed E-state index contributed by atoms with van der Waals surface area (Å²) in [6.07, 6.45) is 3.67. The summed E-state index contributed by atoms with van der Waals surface area (Å²) in [6.45, 7) is 4.00. The van der Waals surface area contributed by atoms with E-state index in [0.717, 1.165) is 12.8 Å². The number of urea groups is 1. The molecule has 0 spiro atoms. The van der Waals surface area contributed by atoms with Gasteiger partial charge in [0.2, 0.25) is 5.91 Å². The van der Waals surface area contributed by atoms with E-state index >= 15 is 0 Å². The first-order chi connectivity index (χ1) is 9.93. The minimum Gasteiger partial charge on any atom is -0.480 e. The maximum atomic E-state index is 11.6. The van der Waals surface area contributed by atoms with Crippen LogP contribution in [0.4, 0.5) is 4.79 Å². The molecule has 120 valence electrons. The van der Waals surface area contributed by atoms with Crippen molar-refractivity contribution in [3.63, 3.8) is 0 Å². The van der Waals surface area contributed by atoms with Gasteiger partial charge in [0.1, 0.15) is 6.04 Å². The lowest BCUT2D eigenvalue weighted by Crippen LogP contribution is -2.49. The first-order valence-electron chi connectivity index (χ1n) is 7.50. The summed E-state index contributed by atoms with van der Waals surface area (Å²) in [5, 5.41) is 17.0. The Morgan fingerprint density at radius 3 is 2.48 bits per heavy atom. The van der Waals surface area contributed by atoms with E-state index in [-0.39, 0.29) is 11.8 Å². The monoisotopic (exact) mass is 299 g/mol. The van der Waals surface area contributed by atoms with Gasteiger partial charge in [0.25, 0.3) is 0 Å². The van der Waals surface area contributed by atoms with Crippen LogP contribution in [0, 0.1) is 5.92 Å². The van der Waals surface area contributed by atoms with E-state index in [1.54, 1.807) is 6.92 Å². The molecular weight excluding hydrogens is 274 g/mol. The molecule has 1 rings (SSSR count). The molecule has 0 aromatic heterocycles. The molecule has 3 amide bonds. The number of amides is 3. The predicted octanol–water partition coefficient (Wildman–Crippen LogP) is 0.844. The Morgan fingerprint density at radius 2 is 1.95 bits per heavy atom. The Morgan fingerprint density at radius 1 is 1.29 bits per heavy atom. The zero-order valence-electron chi connectivity index (χ0n) is 12.6. The van der Waals surface area contributed by atoms with Crippen LogP contribution in [0.1, 0.15) is 46.0 Å². The maximum Gasteiger partial charge on any atom is 0.326 e. The smallest absolute Gasteiger partial charge is 0.326 e. The maximum absolute atomic E-state index is 11.6. The fourth-order valence-corrected chi connectivity index (χ4v) is 1.85. The fraction of sp³-hybridized carbons (Fsp3) is 0.786. The van der Waals surface area contributed by atoms with Gasteiger partial charge in [0.05, 0.1) is 0 Å². The topological polar surface area (TPSA) is 108 Å². The summed E-state index contributed by atoms with van der Waals surface area (Å²) in [6, 6.07) is -1.06. The third-order valence-corrected chi connectivity index (χ3v) is 3.57. The van der Waals surface area contributed by atoms with Crippen molar-refractivity contribution >= 4 is 17.9 Å². The van der Waals surface area contributed by atoms with Crippen LogP contribution in [0.5, 0.6) is 0 Å². The second kappa shape index (κ2) is 8.49.